The van der Waals surface area contributed by atoms with Gasteiger partial charge in [0.05, 0.1) is 23.7 Å². The van der Waals surface area contributed by atoms with E-state index in [0.29, 0.717) is 24.5 Å². The Morgan fingerprint density at radius 3 is 2.72 bits per heavy atom. The van der Waals surface area contributed by atoms with Gasteiger partial charge in [-0.25, -0.2) is 8.42 Å². The summed E-state index contributed by atoms with van der Waals surface area (Å²) in [7, 11) is -2.24. The molecule has 1 aliphatic rings. The van der Waals surface area contributed by atoms with Gasteiger partial charge in [-0.15, -0.1) is 0 Å². The van der Waals surface area contributed by atoms with E-state index in [2.05, 4.69) is 9.88 Å². The number of fused-ring (bicyclic) bond motifs is 1. The molecule has 0 saturated carbocycles. The second kappa shape index (κ2) is 6.53. The minimum atomic E-state index is -3.68. The highest BCUT2D eigenvalue weighted by Crippen LogP contribution is 2.34. The van der Waals surface area contributed by atoms with Gasteiger partial charge in [0.25, 0.3) is 0 Å². The molecule has 0 radical (unpaired) electrons. The van der Waals surface area contributed by atoms with Crippen molar-refractivity contribution in [3.8, 4) is 5.75 Å². The van der Waals surface area contributed by atoms with Crippen LogP contribution in [0.2, 0.25) is 0 Å². The average molecular weight is 363 g/mol. The number of nitrogens with zero attached hydrogens (tertiary/aromatic N) is 2. The second-order valence-corrected chi connectivity index (χ2v) is 7.85. The Bertz CT molecular complexity index is 904. The van der Waals surface area contributed by atoms with Crippen molar-refractivity contribution in [3.63, 3.8) is 0 Å². The monoisotopic (exact) mass is 363 g/mol. The number of hydrogen-bond donors (Lipinski definition) is 1. The van der Waals surface area contributed by atoms with Crippen LogP contribution in [0, 0.1) is 0 Å². The van der Waals surface area contributed by atoms with Crippen LogP contribution in [-0.4, -0.2) is 36.9 Å². The molecule has 25 heavy (non-hydrogen) atoms. The smallest absolute Gasteiger partial charge is 0.243 e. The van der Waals surface area contributed by atoms with E-state index < -0.39 is 10.0 Å². The first-order chi connectivity index (χ1) is 11.8. The number of amides is 1. The van der Waals surface area contributed by atoms with Crippen LogP contribution in [-0.2, 0) is 21.4 Å². The molecule has 0 unspecified atom stereocenters. The van der Waals surface area contributed by atoms with Crippen LogP contribution in [0.25, 0.3) is 0 Å². The third-order valence-electron chi connectivity index (χ3n) is 4.38. The maximum absolute atomic E-state index is 13.1. The van der Waals surface area contributed by atoms with Gasteiger partial charge in [0.1, 0.15) is 5.75 Å². The van der Waals surface area contributed by atoms with Gasteiger partial charge in [-0.2, -0.15) is 4.31 Å². The third kappa shape index (κ3) is 3.14. The van der Waals surface area contributed by atoms with Crippen LogP contribution >= 0.6 is 0 Å². The Balaban J connectivity index is 1.96. The molecule has 1 amide bonds. The molecule has 1 atom stereocenters. The SMILES string of the molecule is COc1cc(S(=O)(=O)N2CCn3cccc3[C@H]2C)ccc1NC(C)=O. The number of methoxy groups -OCH3 is 1. The highest BCUT2D eigenvalue weighted by atomic mass is 32.2. The van der Waals surface area contributed by atoms with Gasteiger partial charge in [-0.05, 0) is 31.2 Å². The van der Waals surface area contributed by atoms with Gasteiger partial charge in [0.2, 0.25) is 15.9 Å². The summed E-state index contributed by atoms with van der Waals surface area (Å²) in [6, 6.07) is 8.09. The molecule has 0 fully saturated rings. The molecule has 1 aromatic heterocycles. The molecule has 2 aromatic rings. The van der Waals surface area contributed by atoms with E-state index in [1.165, 1.54) is 30.5 Å². The summed E-state index contributed by atoms with van der Waals surface area (Å²) in [5.41, 5.74) is 1.41. The van der Waals surface area contributed by atoms with Crippen LogP contribution in [0.5, 0.6) is 5.75 Å². The average Bonchev–Trinajstić information content (AvgIpc) is 3.04. The van der Waals surface area contributed by atoms with Gasteiger partial charge in [0, 0.05) is 38.0 Å². The molecule has 8 heteroatoms. The summed E-state index contributed by atoms with van der Waals surface area (Å²) >= 11 is 0. The number of anilines is 1. The van der Waals surface area contributed by atoms with Gasteiger partial charge < -0.3 is 14.6 Å². The van der Waals surface area contributed by atoms with Crippen LogP contribution in [0.4, 0.5) is 5.69 Å². The van der Waals surface area contributed by atoms with Crippen molar-refractivity contribution in [2.75, 3.05) is 19.0 Å². The number of ether oxygens (including phenoxy) is 1. The molecular weight excluding hydrogens is 342 g/mol. The summed E-state index contributed by atoms with van der Waals surface area (Å²) in [6.45, 7) is 4.29. The Kier molecular flexibility index (Phi) is 4.57. The number of benzene rings is 1. The predicted octanol–water partition coefficient (Wildman–Crippen LogP) is 2.22. The molecule has 1 N–H and O–H groups in total. The number of nitrogens with one attached hydrogen (secondary N) is 1. The third-order valence-corrected chi connectivity index (χ3v) is 6.34. The number of carbonyl (C=O) groups excluding carboxylic acids is 1. The van der Waals surface area contributed by atoms with Crippen LogP contribution in [0.3, 0.4) is 0 Å². The Hall–Kier alpha value is -2.32. The lowest BCUT2D eigenvalue weighted by Crippen LogP contribution is -2.40. The molecule has 3 rings (SSSR count). The molecule has 1 aliphatic heterocycles. The minimum absolute atomic E-state index is 0.144. The fourth-order valence-corrected chi connectivity index (χ4v) is 4.76. The van der Waals surface area contributed by atoms with Crippen molar-refractivity contribution in [1.29, 1.82) is 0 Å². The summed E-state index contributed by atoms with van der Waals surface area (Å²) in [5, 5.41) is 2.63. The van der Waals surface area contributed by atoms with E-state index in [-0.39, 0.29) is 16.8 Å². The molecule has 1 aromatic carbocycles. The van der Waals surface area contributed by atoms with Crippen LogP contribution < -0.4 is 10.1 Å². The second-order valence-electron chi connectivity index (χ2n) is 5.96. The standard InChI is InChI=1S/C17H21N3O4S/c1-12-16-5-4-8-19(16)9-10-20(12)25(22,23)14-6-7-15(18-13(2)21)17(11-14)24-3/h4-8,11-12H,9-10H2,1-3H3,(H,18,21)/t12-/m1/s1. The summed E-state index contributed by atoms with van der Waals surface area (Å²) in [4.78, 5) is 11.4. The molecule has 0 bridgehead atoms. The molecule has 0 saturated heterocycles. The number of carbonyl (C=O) groups is 1. The lowest BCUT2D eigenvalue weighted by molar-refractivity contribution is -0.114. The van der Waals surface area contributed by atoms with Crippen molar-refractivity contribution >= 4 is 21.6 Å². The molecule has 134 valence electrons. The van der Waals surface area contributed by atoms with Crippen LogP contribution in [0.15, 0.2) is 41.4 Å². The zero-order chi connectivity index (χ0) is 18.2. The maximum atomic E-state index is 13.1. The highest BCUT2D eigenvalue weighted by Gasteiger charge is 2.34. The zero-order valence-corrected chi connectivity index (χ0v) is 15.2. The van der Waals surface area contributed by atoms with Crippen molar-refractivity contribution < 1.29 is 17.9 Å². The van der Waals surface area contributed by atoms with Gasteiger partial charge in [0.15, 0.2) is 0 Å². The van der Waals surface area contributed by atoms with Crippen molar-refractivity contribution in [1.82, 2.24) is 8.87 Å². The first-order valence-electron chi connectivity index (χ1n) is 7.97. The quantitative estimate of drug-likeness (QED) is 0.903. The number of aromatic nitrogens is 1. The van der Waals surface area contributed by atoms with E-state index >= 15 is 0 Å². The Labute approximate surface area is 147 Å². The normalized spacial score (nSPS) is 17.8. The largest absolute Gasteiger partial charge is 0.495 e. The lowest BCUT2D eigenvalue weighted by atomic mass is 10.2. The molecule has 2 heterocycles. The van der Waals surface area contributed by atoms with Gasteiger partial charge >= 0.3 is 0 Å². The van der Waals surface area contributed by atoms with E-state index in [9.17, 15) is 13.2 Å². The first kappa shape index (κ1) is 17.5. The summed E-state index contributed by atoms with van der Waals surface area (Å²) in [6.07, 6.45) is 1.96. The van der Waals surface area contributed by atoms with E-state index in [0.717, 1.165) is 5.69 Å². The molecule has 0 spiro atoms. The lowest BCUT2D eigenvalue weighted by Gasteiger charge is -2.34. The predicted molar refractivity (Wildman–Crippen MR) is 94.0 cm³/mol. The summed E-state index contributed by atoms with van der Waals surface area (Å²) < 4.78 is 35.0. The number of hydrogen-bond acceptors (Lipinski definition) is 4. The van der Waals surface area contributed by atoms with E-state index in [1.807, 2.05) is 25.3 Å². The highest BCUT2D eigenvalue weighted by molar-refractivity contribution is 7.89. The fraction of sp³-hybridized carbons (Fsp3) is 0.353. The van der Waals surface area contributed by atoms with Crippen molar-refractivity contribution in [2.24, 2.45) is 0 Å². The maximum Gasteiger partial charge on any atom is 0.243 e. The molecular formula is C17H21N3O4S. The first-order valence-corrected chi connectivity index (χ1v) is 9.41. The summed E-state index contributed by atoms with van der Waals surface area (Å²) in [5.74, 6) is 0.0589. The van der Waals surface area contributed by atoms with Gasteiger partial charge in [-0.1, -0.05) is 0 Å². The van der Waals surface area contributed by atoms with Crippen molar-refractivity contribution in [3.05, 3.63) is 42.2 Å². The fourth-order valence-electron chi connectivity index (χ4n) is 3.15. The Morgan fingerprint density at radius 2 is 2.04 bits per heavy atom. The number of rotatable bonds is 4. The van der Waals surface area contributed by atoms with Gasteiger partial charge in [-0.3, -0.25) is 4.79 Å². The zero-order valence-electron chi connectivity index (χ0n) is 14.4. The topological polar surface area (TPSA) is 80.6 Å². The molecule has 7 nitrogen and oxygen atoms in total. The van der Waals surface area contributed by atoms with Crippen molar-refractivity contribution in [2.45, 2.75) is 31.3 Å². The van der Waals surface area contributed by atoms with Crippen LogP contribution in [0.1, 0.15) is 25.6 Å². The molecule has 0 aliphatic carbocycles. The Morgan fingerprint density at radius 1 is 1.28 bits per heavy atom. The number of sulfonamides is 1. The minimum Gasteiger partial charge on any atom is -0.495 e. The van der Waals surface area contributed by atoms with E-state index in [1.54, 1.807) is 6.07 Å². The van der Waals surface area contributed by atoms with E-state index in [4.69, 9.17) is 4.74 Å².